The van der Waals surface area contributed by atoms with Gasteiger partial charge in [0.25, 0.3) is 0 Å². The zero-order valence-corrected chi connectivity index (χ0v) is 10.2. The van der Waals surface area contributed by atoms with Crippen LogP contribution < -0.4 is 5.32 Å². The van der Waals surface area contributed by atoms with Gasteiger partial charge in [0.15, 0.2) is 0 Å². The summed E-state index contributed by atoms with van der Waals surface area (Å²) < 4.78 is 19.3. The van der Waals surface area contributed by atoms with Crippen LogP contribution in [0.3, 0.4) is 0 Å². The fraction of sp³-hybridized carbons (Fsp3) is 0.538. The average Bonchev–Trinajstić information content (AvgIpc) is 2.31. The molecule has 0 aliphatic heterocycles. The van der Waals surface area contributed by atoms with E-state index >= 15 is 0 Å². The molecule has 3 heteroatoms. The molecule has 2 nitrogen and oxygen atoms in total. The summed E-state index contributed by atoms with van der Waals surface area (Å²) in [7, 11) is 1.83. The standard InChI is InChI=1S/C13H20FNO/c1-4-12(16-5-2)13(15-3)10-8-6-7-9-11(10)14/h6-9,12-13,15H,4-5H2,1-3H3. The van der Waals surface area contributed by atoms with E-state index in [0.29, 0.717) is 12.2 Å². The Morgan fingerprint density at radius 2 is 2.00 bits per heavy atom. The number of ether oxygens (including phenoxy) is 1. The largest absolute Gasteiger partial charge is 0.377 e. The summed E-state index contributed by atoms with van der Waals surface area (Å²) in [5, 5.41) is 3.13. The van der Waals surface area contributed by atoms with Crippen LogP contribution in [-0.2, 0) is 4.74 Å². The van der Waals surface area contributed by atoms with Gasteiger partial charge in [-0.1, -0.05) is 25.1 Å². The minimum atomic E-state index is -0.181. The van der Waals surface area contributed by atoms with Gasteiger partial charge in [-0.15, -0.1) is 0 Å². The third-order valence-electron chi connectivity index (χ3n) is 2.71. The third kappa shape index (κ3) is 3.03. The van der Waals surface area contributed by atoms with E-state index in [1.165, 1.54) is 6.07 Å². The highest BCUT2D eigenvalue weighted by molar-refractivity contribution is 5.22. The molecule has 1 rings (SSSR count). The van der Waals surface area contributed by atoms with Gasteiger partial charge in [0.1, 0.15) is 5.82 Å². The number of halogens is 1. The molecule has 0 saturated carbocycles. The molecule has 0 aliphatic carbocycles. The molecule has 16 heavy (non-hydrogen) atoms. The van der Waals surface area contributed by atoms with Crippen molar-refractivity contribution in [3.05, 3.63) is 35.6 Å². The molecule has 0 aliphatic rings. The molecule has 0 bridgehead atoms. The lowest BCUT2D eigenvalue weighted by Gasteiger charge is -2.26. The Bertz CT molecular complexity index is 317. The molecule has 0 spiro atoms. The Hall–Kier alpha value is -0.930. The van der Waals surface area contributed by atoms with Gasteiger partial charge in [-0.25, -0.2) is 4.39 Å². The number of likely N-dealkylation sites (N-methyl/N-ethyl adjacent to an activating group) is 1. The first-order valence-electron chi connectivity index (χ1n) is 5.77. The van der Waals surface area contributed by atoms with Gasteiger partial charge in [-0.3, -0.25) is 0 Å². The Morgan fingerprint density at radius 3 is 2.50 bits per heavy atom. The molecule has 1 aromatic carbocycles. The lowest BCUT2D eigenvalue weighted by Crippen LogP contribution is -2.32. The molecule has 0 fully saturated rings. The van der Waals surface area contributed by atoms with E-state index in [9.17, 15) is 4.39 Å². The van der Waals surface area contributed by atoms with Crippen LogP contribution in [0.25, 0.3) is 0 Å². The van der Waals surface area contributed by atoms with Crippen molar-refractivity contribution >= 4 is 0 Å². The van der Waals surface area contributed by atoms with Crippen molar-refractivity contribution < 1.29 is 9.13 Å². The first-order chi connectivity index (χ1) is 7.74. The maximum absolute atomic E-state index is 13.7. The van der Waals surface area contributed by atoms with E-state index in [2.05, 4.69) is 5.32 Å². The number of benzene rings is 1. The summed E-state index contributed by atoms with van der Waals surface area (Å²) in [6.07, 6.45) is 0.861. The highest BCUT2D eigenvalue weighted by Gasteiger charge is 2.22. The molecular weight excluding hydrogens is 205 g/mol. The van der Waals surface area contributed by atoms with E-state index in [0.717, 1.165) is 6.42 Å². The maximum Gasteiger partial charge on any atom is 0.128 e. The summed E-state index contributed by atoms with van der Waals surface area (Å²) in [4.78, 5) is 0. The predicted molar refractivity (Wildman–Crippen MR) is 63.9 cm³/mol. The summed E-state index contributed by atoms with van der Waals surface area (Å²) >= 11 is 0. The lowest BCUT2D eigenvalue weighted by atomic mass is 9.99. The molecular formula is C13H20FNO. The molecule has 0 heterocycles. The summed E-state index contributed by atoms with van der Waals surface area (Å²) in [6.45, 7) is 4.65. The Morgan fingerprint density at radius 1 is 1.31 bits per heavy atom. The monoisotopic (exact) mass is 225 g/mol. The molecule has 2 atom stereocenters. The number of hydrogen-bond acceptors (Lipinski definition) is 2. The van der Waals surface area contributed by atoms with Crippen molar-refractivity contribution in [1.82, 2.24) is 5.32 Å². The van der Waals surface area contributed by atoms with Gasteiger partial charge in [-0.2, -0.15) is 0 Å². The van der Waals surface area contributed by atoms with Crippen LogP contribution in [0, 0.1) is 5.82 Å². The van der Waals surface area contributed by atoms with E-state index < -0.39 is 0 Å². The Balaban J connectivity index is 2.92. The number of nitrogens with one attached hydrogen (secondary N) is 1. The molecule has 0 amide bonds. The predicted octanol–water partition coefficient (Wildman–Crippen LogP) is 2.90. The molecule has 90 valence electrons. The van der Waals surface area contributed by atoms with Gasteiger partial charge >= 0.3 is 0 Å². The van der Waals surface area contributed by atoms with Crippen molar-refractivity contribution in [2.45, 2.75) is 32.4 Å². The molecule has 2 unspecified atom stereocenters. The van der Waals surface area contributed by atoms with Gasteiger partial charge in [0.2, 0.25) is 0 Å². The lowest BCUT2D eigenvalue weighted by molar-refractivity contribution is 0.0325. The van der Waals surface area contributed by atoms with Crippen LogP contribution in [0.5, 0.6) is 0 Å². The average molecular weight is 225 g/mol. The first kappa shape index (κ1) is 13.1. The van der Waals surface area contributed by atoms with E-state index in [1.807, 2.05) is 27.0 Å². The molecule has 1 aromatic rings. The Kier molecular flexibility index (Phi) is 5.43. The normalized spacial score (nSPS) is 14.8. The second-order valence-electron chi connectivity index (χ2n) is 3.69. The molecule has 0 saturated heterocycles. The van der Waals surface area contributed by atoms with E-state index in [1.54, 1.807) is 12.1 Å². The van der Waals surface area contributed by atoms with E-state index in [-0.39, 0.29) is 18.0 Å². The van der Waals surface area contributed by atoms with Crippen LogP contribution in [0.4, 0.5) is 4.39 Å². The van der Waals surface area contributed by atoms with Crippen LogP contribution in [0.1, 0.15) is 31.9 Å². The number of rotatable bonds is 6. The fourth-order valence-corrected chi connectivity index (χ4v) is 1.93. The minimum Gasteiger partial charge on any atom is -0.377 e. The quantitative estimate of drug-likeness (QED) is 0.803. The van der Waals surface area contributed by atoms with Crippen molar-refractivity contribution in [2.75, 3.05) is 13.7 Å². The van der Waals surface area contributed by atoms with Crippen molar-refractivity contribution in [1.29, 1.82) is 0 Å². The summed E-state index contributed by atoms with van der Waals surface area (Å²) in [5.41, 5.74) is 0.672. The molecule has 1 N–H and O–H groups in total. The van der Waals surface area contributed by atoms with Crippen molar-refractivity contribution in [2.24, 2.45) is 0 Å². The zero-order valence-electron chi connectivity index (χ0n) is 10.2. The second kappa shape index (κ2) is 6.61. The van der Waals surface area contributed by atoms with Crippen LogP contribution in [0.15, 0.2) is 24.3 Å². The van der Waals surface area contributed by atoms with Gasteiger partial charge in [0.05, 0.1) is 12.1 Å². The third-order valence-corrected chi connectivity index (χ3v) is 2.71. The summed E-state index contributed by atoms with van der Waals surface area (Å²) in [5.74, 6) is -0.181. The second-order valence-corrected chi connectivity index (χ2v) is 3.69. The minimum absolute atomic E-state index is 0.00639. The van der Waals surface area contributed by atoms with Crippen LogP contribution in [0.2, 0.25) is 0 Å². The first-order valence-corrected chi connectivity index (χ1v) is 5.77. The fourth-order valence-electron chi connectivity index (χ4n) is 1.93. The summed E-state index contributed by atoms with van der Waals surface area (Å²) in [6, 6.07) is 6.75. The molecule has 0 radical (unpaired) electrons. The Labute approximate surface area is 96.8 Å². The van der Waals surface area contributed by atoms with Crippen LogP contribution in [-0.4, -0.2) is 19.8 Å². The molecule has 0 aromatic heterocycles. The smallest absolute Gasteiger partial charge is 0.128 e. The SMILES string of the molecule is CCOC(CC)C(NC)c1ccccc1F. The zero-order chi connectivity index (χ0) is 12.0. The van der Waals surface area contributed by atoms with Gasteiger partial charge in [0, 0.05) is 12.2 Å². The highest BCUT2D eigenvalue weighted by Crippen LogP contribution is 2.23. The highest BCUT2D eigenvalue weighted by atomic mass is 19.1. The van der Waals surface area contributed by atoms with Gasteiger partial charge in [-0.05, 0) is 26.5 Å². The van der Waals surface area contributed by atoms with Gasteiger partial charge < -0.3 is 10.1 Å². The van der Waals surface area contributed by atoms with Crippen molar-refractivity contribution in [3.8, 4) is 0 Å². The number of hydrogen-bond donors (Lipinski definition) is 1. The maximum atomic E-state index is 13.7. The van der Waals surface area contributed by atoms with Crippen molar-refractivity contribution in [3.63, 3.8) is 0 Å². The van der Waals surface area contributed by atoms with Crippen LogP contribution >= 0.6 is 0 Å². The topological polar surface area (TPSA) is 21.3 Å². The van der Waals surface area contributed by atoms with E-state index in [4.69, 9.17) is 4.74 Å².